The lowest BCUT2D eigenvalue weighted by Gasteiger charge is -2.35. The van der Waals surface area contributed by atoms with Gasteiger partial charge in [0.25, 0.3) is 5.91 Å². The molecule has 1 atom stereocenters. The van der Waals surface area contributed by atoms with E-state index in [9.17, 15) is 14.0 Å². The Morgan fingerprint density at radius 3 is 2.52 bits per heavy atom. The molecule has 2 aromatic carbocycles. The molecule has 3 rings (SSSR count). The molecule has 1 unspecified atom stereocenters. The third-order valence-corrected chi connectivity index (χ3v) is 5.16. The average molecular weight is 394 g/mol. The number of nitrogens with zero attached hydrogens (tertiary/aromatic N) is 2. The molecule has 29 heavy (non-hydrogen) atoms. The van der Waals surface area contributed by atoms with Crippen LogP contribution in [0.3, 0.4) is 0 Å². The quantitative estimate of drug-likeness (QED) is 0.817. The summed E-state index contributed by atoms with van der Waals surface area (Å²) in [6.07, 6.45) is 1.46. The largest absolute Gasteiger partial charge is 0.349 e. The first kappa shape index (κ1) is 20.5. The maximum Gasteiger partial charge on any atom is 0.251 e. The fourth-order valence-corrected chi connectivity index (χ4v) is 3.38. The number of nitrogens with one attached hydrogen (secondary N) is 2. The van der Waals surface area contributed by atoms with Crippen LogP contribution in [0.1, 0.15) is 35.7 Å². The smallest absolute Gasteiger partial charge is 0.251 e. The summed E-state index contributed by atoms with van der Waals surface area (Å²) in [5.74, 6) is -0.720. The summed E-state index contributed by atoms with van der Waals surface area (Å²) in [6, 6.07) is 14.0. The first-order chi connectivity index (χ1) is 14.0. The Morgan fingerprint density at radius 1 is 1.17 bits per heavy atom. The summed E-state index contributed by atoms with van der Waals surface area (Å²) in [6.45, 7) is 3.21. The molecule has 0 spiro atoms. The molecule has 0 bridgehead atoms. The number of amides is 2. The molecule has 1 fully saturated rings. The molecule has 0 aromatic heterocycles. The molecule has 7 heteroatoms. The number of benzene rings is 2. The predicted octanol–water partition coefficient (Wildman–Crippen LogP) is 2.92. The Kier molecular flexibility index (Phi) is 6.57. The zero-order valence-corrected chi connectivity index (χ0v) is 16.2. The predicted molar refractivity (Wildman–Crippen MR) is 108 cm³/mol. The van der Waals surface area contributed by atoms with E-state index in [-0.39, 0.29) is 29.7 Å². The van der Waals surface area contributed by atoms with Crippen molar-refractivity contribution in [3.63, 3.8) is 0 Å². The number of rotatable bonds is 5. The Balaban J connectivity index is 1.49. The number of halogens is 1. The van der Waals surface area contributed by atoms with Crippen molar-refractivity contribution < 1.29 is 14.0 Å². The molecule has 1 aliphatic rings. The topological polar surface area (TPSA) is 85.2 Å². The molecule has 1 saturated heterocycles. The molecule has 6 nitrogen and oxygen atoms in total. The Bertz CT molecular complexity index is 915. The highest BCUT2D eigenvalue weighted by Crippen LogP contribution is 2.16. The van der Waals surface area contributed by atoms with E-state index < -0.39 is 0 Å². The van der Waals surface area contributed by atoms with E-state index in [1.54, 1.807) is 24.3 Å². The first-order valence-corrected chi connectivity index (χ1v) is 9.58. The zero-order chi connectivity index (χ0) is 20.8. The molecular weight excluding hydrogens is 371 g/mol. The molecule has 1 aliphatic heterocycles. The van der Waals surface area contributed by atoms with Gasteiger partial charge in [-0.2, -0.15) is 5.26 Å². The van der Waals surface area contributed by atoms with E-state index in [2.05, 4.69) is 21.6 Å². The van der Waals surface area contributed by atoms with Crippen molar-refractivity contribution >= 4 is 17.5 Å². The lowest BCUT2D eigenvalue weighted by molar-refractivity contribution is -0.121. The number of carbonyl (C=O) groups excluding carboxylic acids is 2. The number of anilines is 1. The van der Waals surface area contributed by atoms with Gasteiger partial charge in [0.2, 0.25) is 5.91 Å². The maximum absolute atomic E-state index is 13.0. The van der Waals surface area contributed by atoms with Gasteiger partial charge in [-0.1, -0.05) is 6.07 Å². The van der Waals surface area contributed by atoms with Gasteiger partial charge in [-0.25, -0.2) is 4.39 Å². The lowest BCUT2D eigenvalue weighted by atomic mass is 10.0. The average Bonchev–Trinajstić information content (AvgIpc) is 2.74. The third-order valence-electron chi connectivity index (χ3n) is 5.16. The summed E-state index contributed by atoms with van der Waals surface area (Å²) in [4.78, 5) is 26.9. The second kappa shape index (κ2) is 9.30. The summed E-state index contributed by atoms with van der Waals surface area (Å²) in [5.41, 5.74) is 1.52. The number of carbonyl (C=O) groups is 2. The minimum atomic E-state index is -0.374. The number of nitriles is 1. The molecular formula is C22H23FN4O2. The van der Waals surface area contributed by atoms with Crippen LogP contribution in [-0.2, 0) is 4.79 Å². The molecule has 150 valence electrons. The van der Waals surface area contributed by atoms with Gasteiger partial charge in [0, 0.05) is 30.4 Å². The van der Waals surface area contributed by atoms with Crippen LogP contribution in [0.15, 0.2) is 48.5 Å². The molecule has 1 heterocycles. The second-order valence-corrected chi connectivity index (χ2v) is 7.15. The van der Waals surface area contributed by atoms with Crippen molar-refractivity contribution in [1.29, 1.82) is 5.26 Å². The van der Waals surface area contributed by atoms with Crippen LogP contribution in [0.2, 0.25) is 0 Å². The van der Waals surface area contributed by atoms with E-state index in [1.807, 2.05) is 6.92 Å². The SMILES string of the molecule is CC(C(=O)Nc1cccc(C#N)c1)N1CCC(NC(=O)c2ccc(F)cc2)CC1. The molecule has 0 saturated carbocycles. The minimum absolute atomic E-state index is 0.0198. The third kappa shape index (κ3) is 5.39. The summed E-state index contributed by atoms with van der Waals surface area (Å²) in [5, 5.41) is 14.8. The van der Waals surface area contributed by atoms with E-state index in [4.69, 9.17) is 5.26 Å². The zero-order valence-electron chi connectivity index (χ0n) is 16.2. The summed E-state index contributed by atoms with van der Waals surface area (Å²) < 4.78 is 13.0. The van der Waals surface area contributed by atoms with Crippen molar-refractivity contribution in [1.82, 2.24) is 10.2 Å². The fourth-order valence-electron chi connectivity index (χ4n) is 3.38. The van der Waals surface area contributed by atoms with Crippen LogP contribution in [0.4, 0.5) is 10.1 Å². The maximum atomic E-state index is 13.0. The number of likely N-dealkylation sites (tertiary alicyclic amines) is 1. The van der Waals surface area contributed by atoms with Gasteiger partial charge in [-0.05, 0) is 62.2 Å². The minimum Gasteiger partial charge on any atom is -0.349 e. The van der Waals surface area contributed by atoms with Gasteiger partial charge in [0.1, 0.15) is 5.82 Å². The van der Waals surface area contributed by atoms with Crippen molar-refractivity contribution in [3.05, 3.63) is 65.5 Å². The van der Waals surface area contributed by atoms with Crippen molar-refractivity contribution in [2.45, 2.75) is 31.8 Å². The standard InChI is InChI=1S/C22H23FN4O2/c1-15(21(28)26-20-4-2-3-16(13-20)14-24)27-11-9-19(10-12-27)25-22(29)17-5-7-18(23)8-6-17/h2-8,13,15,19H,9-12H2,1H3,(H,25,29)(H,26,28). The van der Waals surface area contributed by atoms with Crippen LogP contribution in [0.5, 0.6) is 0 Å². The van der Waals surface area contributed by atoms with E-state index in [1.165, 1.54) is 24.3 Å². The fraction of sp³-hybridized carbons (Fsp3) is 0.318. The second-order valence-electron chi connectivity index (χ2n) is 7.15. The molecule has 2 aromatic rings. The van der Waals surface area contributed by atoms with Gasteiger partial charge in [0.15, 0.2) is 0 Å². The van der Waals surface area contributed by atoms with Gasteiger partial charge >= 0.3 is 0 Å². The Morgan fingerprint density at radius 2 is 1.86 bits per heavy atom. The highest BCUT2D eigenvalue weighted by atomic mass is 19.1. The number of hydrogen-bond acceptors (Lipinski definition) is 4. The van der Waals surface area contributed by atoms with E-state index in [0.717, 1.165) is 12.8 Å². The summed E-state index contributed by atoms with van der Waals surface area (Å²) in [7, 11) is 0. The highest BCUT2D eigenvalue weighted by Gasteiger charge is 2.27. The lowest BCUT2D eigenvalue weighted by Crippen LogP contribution is -2.50. The first-order valence-electron chi connectivity index (χ1n) is 9.58. The Hall–Kier alpha value is -3.24. The van der Waals surface area contributed by atoms with Gasteiger partial charge in [-0.15, -0.1) is 0 Å². The molecule has 0 radical (unpaired) electrons. The van der Waals surface area contributed by atoms with Crippen LogP contribution in [0.25, 0.3) is 0 Å². The molecule has 2 amide bonds. The normalized spacial score (nSPS) is 15.9. The van der Waals surface area contributed by atoms with Gasteiger partial charge in [-0.3, -0.25) is 14.5 Å². The van der Waals surface area contributed by atoms with Crippen LogP contribution in [0, 0.1) is 17.1 Å². The summed E-state index contributed by atoms with van der Waals surface area (Å²) >= 11 is 0. The van der Waals surface area contributed by atoms with Crippen LogP contribution >= 0.6 is 0 Å². The van der Waals surface area contributed by atoms with Crippen molar-refractivity contribution in [2.24, 2.45) is 0 Å². The van der Waals surface area contributed by atoms with Gasteiger partial charge < -0.3 is 10.6 Å². The molecule has 0 aliphatic carbocycles. The molecule has 2 N–H and O–H groups in total. The van der Waals surface area contributed by atoms with Crippen molar-refractivity contribution in [3.8, 4) is 6.07 Å². The van der Waals surface area contributed by atoms with Crippen molar-refractivity contribution in [2.75, 3.05) is 18.4 Å². The number of hydrogen-bond donors (Lipinski definition) is 2. The Labute approximate surface area is 169 Å². The van der Waals surface area contributed by atoms with Crippen LogP contribution in [-0.4, -0.2) is 41.9 Å². The monoisotopic (exact) mass is 394 g/mol. The van der Waals surface area contributed by atoms with Crippen LogP contribution < -0.4 is 10.6 Å². The van der Waals surface area contributed by atoms with E-state index in [0.29, 0.717) is 29.9 Å². The highest BCUT2D eigenvalue weighted by molar-refractivity contribution is 5.95. The number of piperidine rings is 1. The van der Waals surface area contributed by atoms with E-state index >= 15 is 0 Å². The van der Waals surface area contributed by atoms with Gasteiger partial charge in [0.05, 0.1) is 17.7 Å².